The topological polar surface area (TPSA) is 96.0 Å². The van der Waals surface area contributed by atoms with Crippen LogP contribution < -0.4 is 15.4 Å². The molecule has 4 N–H and O–H groups in total. The first-order valence-corrected chi connectivity index (χ1v) is 6.20. The lowest BCUT2D eigenvalue weighted by Gasteiger charge is -2.35. The van der Waals surface area contributed by atoms with Crippen molar-refractivity contribution >= 4 is 11.6 Å². The Morgan fingerprint density at radius 3 is 2.84 bits per heavy atom. The second kappa shape index (κ2) is 6.01. The van der Waals surface area contributed by atoms with E-state index >= 15 is 0 Å². The first kappa shape index (κ1) is 13.8. The summed E-state index contributed by atoms with van der Waals surface area (Å²) in [5.74, 6) is 0.363. The van der Waals surface area contributed by atoms with Crippen LogP contribution >= 0.6 is 0 Å². The van der Waals surface area contributed by atoms with Crippen molar-refractivity contribution in [1.29, 1.82) is 0 Å². The van der Waals surface area contributed by atoms with Crippen molar-refractivity contribution in [3.05, 3.63) is 23.8 Å². The van der Waals surface area contributed by atoms with Crippen LogP contribution in [0.2, 0.25) is 0 Å². The third-order valence-electron chi connectivity index (χ3n) is 3.18. The molecule has 0 saturated heterocycles. The number of ether oxygens (including phenoxy) is 1. The fourth-order valence-corrected chi connectivity index (χ4v) is 2.20. The molecular formula is C13H18N2O4. The Balaban J connectivity index is 2.40. The van der Waals surface area contributed by atoms with E-state index in [1.54, 1.807) is 12.1 Å². The molecule has 1 unspecified atom stereocenters. The van der Waals surface area contributed by atoms with Gasteiger partial charge in [0.05, 0.1) is 18.3 Å². The highest BCUT2D eigenvalue weighted by molar-refractivity contribution is 5.98. The summed E-state index contributed by atoms with van der Waals surface area (Å²) < 4.78 is 5.36. The molecule has 0 aliphatic carbocycles. The zero-order valence-corrected chi connectivity index (χ0v) is 10.6. The monoisotopic (exact) mass is 266 g/mol. The molecular weight excluding hydrogens is 248 g/mol. The number of aliphatic hydroxyl groups excluding tert-OH is 2. The van der Waals surface area contributed by atoms with Gasteiger partial charge in [0.15, 0.2) is 6.61 Å². The number of hydrogen-bond donors (Lipinski definition) is 3. The molecule has 0 fully saturated rings. The summed E-state index contributed by atoms with van der Waals surface area (Å²) in [6, 6.07) is 4.94. The fraction of sp³-hybridized carbons (Fsp3) is 0.462. The Bertz CT molecular complexity index is 464. The van der Waals surface area contributed by atoms with Crippen molar-refractivity contribution < 1.29 is 19.7 Å². The molecule has 1 atom stereocenters. The number of benzene rings is 1. The third kappa shape index (κ3) is 2.70. The molecule has 6 nitrogen and oxygen atoms in total. The number of amides is 1. The van der Waals surface area contributed by atoms with E-state index in [0.29, 0.717) is 24.4 Å². The van der Waals surface area contributed by atoms with Crippen LogP contribution in [0.1, 0.15) is 12.0 Å². The highest BCUT2D eigenvalue weighted by Crippen LogP contribution is 2.34. The van der Waals surface area contributed by atoms with Gasteiger partial charge in [-0.05, 0) is 24.1 Å². The molecule has 1 aromatic carbocycles. The number of carbonyl (C=O) groups excluding carboxylic acids is 1. The van der Waals surface area contributed by atoms with Crippen LogP contribution in [0.25, 0.3) is 0 Å². The van der Waals surface area contributed by atoms with Gasteiger partial charge in [-0.2, -0.15) is 0 Å². The molecule has 0 spiro atoms. The van der Waals surface area contributed by atoms with E-state index in [1.165, 1.54) is 4.90 Å². The molecule has 0 radical (unpaired) electrons. The third-order valence-corrected chi connectivity index (χ3v) is 3.18. The molecule has 1 heterocycles. The first-order chi connectivity index (χ1) is 9.21. The number of anilines is 1. The van der Waals surface area contributed by atoms with E-state index in [-0.39, 0.29) is 25.7 Å². The summed E-state index contributed by atoms with van der Waals surface area (Å²) in [6.45, 7) is -0.00360. The van der Waals surface area contributed by atoms with Crippen LogP contribution in [-0.2, 0) is 11.3 Å². The maximum Gasteiger partial charge on any atom is 0.265 e. The van der Waals surface area contributed by atoms with E-state index in [4.69, 9.17) is 15.6 Å². The normalized spacial score (nSPS) is 15.9. The number of hydrogen-bond acceptors (Lipinski definition) is 5. The molecule has 0 saturated carbocycles. The maximum absolute atomic E-state index is 12.0. The molecule has 1 aromatic rings. The van der Waals surface area contributed by atoms with E-state index in [0.717, 1.165) is 5.56 Å². The Morgan fingerprint density at radius 1 is 1.42 bits per heavy atom. The summed E-state index contributed by atoms with van der Waals surface area (Å²) in [5, 5.41) is 18.4. The SMILES string of the molecule is NCc1ccc2c(c1)N(C(CO)CCO)C(=O)CO2. The molecule has 1 aliphatic rings. The Morgan fingerprint density at radius 2 is 2.21 bits per heavy atom. The summed E-state index contributed by atoms with van der Waals surface area (Å²) in [4.78, 5) is 13.5. The van der Waals surface area contributed by atoms with Crippen LogP contribution in [-0.4, -0.2) is 42.0 Å². The van der Waals surface area contributed by atoms with E-state index in [9.17, 15) is 9.90 Å². The second-order valence-electron chi connectivity index (χ2n) is 4.41. The lowest BCUT2D eigenvalue weighted by molar-refractivity contribution is -0.122. The number of rotatable bonds is 5. The molecule has 19 heavy (non-hydrogen) atoms. The molecule has 1 amide bonds. The van der Waals surface area contributed by atoms with Crippen molar-refractivity contribution in [3.8, 4) is 5.75 Å². The number of nitrogens with zero attached hydrogens (tertiary/aromatic N) is 1. The van der Waals surface area contributed by atoms with Crippen molar-refractivity contribution in [3.63, 3.8) is 0 Å². The average Bonchev–Trinajstić information content (AvgIpc) is 2.44. The minimum atomic E-state index is -0.451. The van der Waals surface area contributed by atoms with Crippen molar-refractivity contribution in [2.24, 2.45) is 5.73 Å². The van der Waals surface area contributed by atoms with Crippen LogP contribution in [0.3, 0.4) is 0 Å². The van der Waals surface area contributed by atoms with Gasteiger partial charge in [-0.25, -0.2) is 0 Å². The fourth-order valence-electron chi connectivity index (χ4n) is 2.20. The highest BCUT2D eigenvalue weighted by atomic mass is 16.5. The minimum absolute atomic E-state index is 0.0586. The van der Waals surface area contributed by atoms with Crippen molar-refractivity contribution in [2.45, 2.75) is 19.0 Å². The van der Waals surface area contributed by atoms with Gasteiger partial charge in [0, 0.05) is 13.2 Å². The number of aliphatic hydroxyl groups is 2. The Kier molecular flexibility index (Phi) is 4.36. The molecule has 0 aromatic heterocycles. The van der Waals surface area contributed by atoms with Crippen molar-refractivity contribution in [2.75, 3.05) is 24.7 Å². The smallest absolute Gasteiger partial charge is 0.265 e. The molecule has 6 heteroatoms. The quantitative estimate of drug-likeness (QED) is 0.675. The number of fused-ring (bicyclic) bond motifs is 1. The van der Waals surface area contributed by atoms with Crippen molar-refractivity contribution in [1.82, 2.24) is 0 Å². The summed E-state index contributed by atoms with van der Waals surface area (Å²) in [7, 11) is 0. The lowest BCUT2D eigenvalue weighted by atomic mass is 10.1. The van der Waals surface area contributed by atoms with Crippen LogP contribution in [0.5, 0.6) is 5.75 Å². The highest BCUT2D eigenvalue weighted by Gasteiger charge is 2.31. The van der Waals surface area contributed by atoms with Crippen LogP contribution in [0.15, 0.2) is 18.2 Å². The largest absolute Gasteiger partial charge is 0.482 e. The molecule has 2 rings (SSSR count). The second-order valence-corrected chi connectivity index (χ2v) is 4.41. The van der Waals surface area contributed by atoms with Crippen LogP contribution in [0, 0.1) is 0 Å². The van der Waals surface area contributed by atoms with Gasteiger partial charge in [0.1, 0.15) is 5.75 Å². The lowest BCUT2D eigenvalue weighted by Crippen LogP contribution is -2.48. The molecule has 0 bridgehead atoms. The zero-order chi connectivity index (χ0) is 13.8. The van der Waals surface area contributed by atoms with Gasteiger partial charge in [-0.15, -0.1) is 0 Å². The number of nitrogens with two attached hydrogens (primary N) is 1. The van der Waals surface area contributed by atoms with E-state index in [2.05, 4.69) is 0 Å². The first-order valence-electron chi connectivity index (χ1n) is 6.20. The predicted octanol–water partition coefficient (Wildman–Crippen LogP) is -0.386. The van der Waals surface area contributed by atoms with Gasteiger partial charge >= 0.3 is 0 Å². The molecule has 104 valence electrons. The Labute approximate surface area is 111 Å². The number of carbonyl (C=O) groups is 1. The van der Waals surface area contributed by atoms with Gasteiger partial charge < -0.3 is 25.6 Å². The summed E-state index contributed by atoms with van der Waals surface area (Å²) in [6.07, 6.45) is 0.314. The summed E-state index contributed by atoms with van der Waals surface area (Å²) >= 11 is 0. The maximum atomic E-state index is 12.0. The molecule has 1 aliphatic heterocycles. The standard InChI is InChI=1S/C13H18N2O4/c14-6-9-1-2-12-11(5-9)15(13(18)8-19-12)10(7-17)3-4-16/h1-2,5,10,16-17H,3-4,6-8,14H2. The zero-order valence-electron chi connectivity index (χ0n) is 10.6. The summed E-state index contributed by atoms with van der Waals surface area (Å²) in [5.41, 5.74) is 7.08. The average molecular weight is 266 g/mol. The Hall–Kier alpha value is -1.63. The van der Waals surface area contributed by atoms with E-state index in [1.807, 2.05) is 6.07 Å². The van der Waals surface area contributed by atoms with E-state index < -0.39 is 6.04 Å². The van der Waals surface area contributed by atoms with Gasteiger partial charge in [0.2, 0.25) is 0 Å². The minimum Gasteiger partial charge on any atom is -0.482 e. The van der Waals surface area contributed by atoms with Crippen LogP contribution in [0.4, 0.5) is 5.69 Å². The van der Waals surface area contributed by atoms with Gasteiger partial charge in [-0.1, -0.05) is 6.07 Å². The van der Waals surface area contributed by atoms with Gasteiger partial charge in [-0.3, -0.25) is 4.79 Å². The predicted molar refractivity (Wildman–Crippen MR) is 69.9 cm³/mol. The van der Waals surface area contributed by atoms with Gasteiger partial charge in [0.25, 0.3) is 5.91 Å².